The van der Waals surface area contributed by atoms with Crippen LogP contribution in [-0.2, 0) is 0 Å². The van der Waals surface area contributed by atoms with Crippen molar-refractivity contribution < 1.29 is 23.9 Å². The normalized spacial score (nSPS) is 10.2. The van der Waals surface area contributed by atoms with Crippen LogP contribution in [-0.4, -0.2) is 29.0 Å². The number of terminal acetylenes is 1. The Labute approximate surface area is 154 Å². The number of fused-ring (bicyclic) bond motifs is 1. The molecule has 8 heteroatoms. The minimum Gasteiger partial charge on any atom is -0.494 e. The molecule has 0 N–H and O–H groups in total. The summed E-state index contributed by atoms with van der Waals surface area (Å²) in [4.78, 5) is 22.9. The van der Waals surface area contributed by atoms with E-state index in [1.165, 1.54) is 31.4 Å². The van der Waals surface area contributed by atoms with Crippen molar-refractivity contribution in [1.82, 2.24) is 4.40 Å². The lowest BCUT2D eigenvalue weighted by molar-refractivity contribution is -0.384. The second-order valence-corrected chi connectivity index (χ2v) is 5.35. The average molecular weight is 366 g/mol. The standard InChI is InChI=1S/C19H14N2O6/c1-3-10-26-16-9-6-14-11-17(25-2)18(20(14)12-16)19(22)27-15-7-4-13(5-8-15)21(23)24/h1,4-9,11-12H,10H2,2H3. The lowest BCUT2D eigenvalue weighted by Crippen LogP contribution is -2.13. The third-order valence-electron chi connectivity index (χ3n) is 3.70. The molecule has 0 aliphatic carbocycles. The van der Waals surface area contributed by atoms with Crippen molar-refractivity contribution in [2.24, 2.45) is 0 Å². The summed E-state index contributed by atoms with van der Waals surface area (Å²) in [7, 11) is 1.44. The van der Waals surface area contributed by atoms with Gasteiger partial charge in [-0.3, -0.25) is 10.1 Å². The minimum absolute atomic E-state index is 0.0898. The number of methoxy groups -OCH3 is 1. The van der Waals surface area contributed by atoms with Gasteiger partial charge < -0.3 is 18.6 Å². The van der Waals surface area contributed by atoms with Crippen molar-refractivity contribution in [3.8, 4) is 29.6 Å². The topological polar surface area (TPSA) is 92.3 Å². The van der Waals surface area contributed by atoms with E-state index < -0.39 is 10.9 Å². The van der Waals surface area contributed by atoms with Crippen LogP contribution in [0.25, 0.3) is 5.52 Å². The van der Waals surface area contributed by atoms with Gasteiger partial charge >= 0.3 is 5.97 Å². The first-order chi connectivity index (χ1) is 13.0. The van der Waals surface area contributed by atoms with E-state index in [9.17, 15) is 14.9 Å². The Morgan fingerprint density at radius 3 is 2.56 bits per heavy atom. The number of nitrogens with zero attached hydrogens (tertiary/aromatic N) is 2. The van der Waals surface area contributed by atoms with Crippen LogP contribution in [0.5, 0.6) is 17.2 Å². The molecule has 0 aliphatic heterocycles. The largest absolute Gasteiger partial charge is 0.494 e. The number of pyridine rings is 1. The fourth-order valence-corrected chi connectivity index (χ4v) is 2.48. The van der Waals surface area contributed by atoms with Crippen LogP contribution in [0.15, 0.2) is 48.7 Å². The zero-order chi connectivity index (χ0) is 19.4. The SMILES string of the molecule is C#CCOc1ccc2cc(OC)c(C(=O)Oc3ccc([N+](=O)[O-])cc3)n2c1. The number of non-ortho nitro benzene ring substituents is 1. The summed E-state index contributed by atoms with van der Waals surface area (Å²) in [6.07, 6.45) is 6.79. The molecule has 136 valence electrons. The molecule has 0 saturated carbocycles. The van der Waals surface area contributed by atoms with Gasteiger partial charge in [0.05, 0.1) is 18.2 Å². The number of rotatable bonds is 6. The first-order valence-corrected chi connectivity index (χ1v) is 7.75. The number of carbonyl (C=O) groups is 1. The van der Waals surface area contributed by atoms with E-state index in [1.54, 1.807) is 28.8 Å². The van der Waals surface area contributed by atoms with Gasteiger partial charge in [0.2, 0.25) is 0 Å². The van der Waals surface area contributed by atoms with Crippen LogP contribution in [0.2, 0.25) is 0 Å². The van der Waals surface area contributed by atoms with E-state index in [1.807, 2.05) is 0 Å². The molecule has 1 aromatic carbocycles. The predicted octanol–water partition coefficient (Wildman–Crippen LogP) is 3.09. The van der Waals surface area contributed by atoms with Crippen molar-refractivity contribution in [2.75, 3.05) is 13.7 Å². The minimum atomic E-state index is -0.685. The first kappa shape index (κ1) is 17.8. The van der Waals surface area contributed by atoms with E-state index >= 15 is 0 Å². The van der Waals surface area contributed by atoms with Gasteiger partial charge in [0.25, 0.3) is 5.69 Å². The summed E-state index contributed by atoms with van der Waals surface area (Å²) in [5.41, 5.74) is 0.739. The van der Waals surface area contributed by atoms with Crippen LogP contribution in [0.1, 0.15) is 10.5 Å². The molecule has 0 bridgehead atoms. The smallest absolute Gasteiger partial charge is 0.364 e. The molecule has 0 amide bonds. The fraction of sp³-hybridized carbons (Fsp3) is 0.105. The third kappa shape index (κ3) is 3.67. The molecule has 2 heterocycles. The highest BCUT2D eigenvalue weighted by Gasteiger charge is 2.21. The molecule has 0 saturated heterocycles. The molecule has 0 spiro atoms. The summed E-state index contributed by atoms with van der Waals surface area (Å²) in [5, 5.41) is 10.7. The second-order valence-electron chi connectivity index (χ2n) is 5.35. The maximum Gasteiger partial charge on any atom is 0.364 e. The summed E-state index contributed by atoms with van der Waals surface area (Å²) in [5.74, 6) is 2.64. The molecular weight excluding hydrogens is 352 g/mol. The monoisotopic (exact) mass is 366 g/mol. The molecule has 0 fully saturated rings. The molecule has 3 aromatic rings. The maximum absolute atomic E-state index is 12.7. The van der Waals surface area contributed by atoms with E-state index in [2.05, 4.69) is 5.92 Å². The second kappa shape index (κ2) is 7.49. The zero-order valence-electron chi connectivity index (χ0n) is 14.2. The Morgan fingerprint density at radius 2 is 1.93 bits per heavy atom. The number of hydrogen-bond donors (Lipinski definition) is 0. The molecule has 0 radical (unpaired) electrons. The van der Waals surface area contributed by atoms with Gasteiger partial charge in [0.1, 0.15) is 18.1 Å². The number of nitro benzene ring substituents is 1. The number of benzene rings is 1. The van der Waals surface area contributed by atoms with Gasteiger partial charge in [-0.2, -0.15) is 0 Å². The van der Waals surface area contributed by atoms with Crippen LogP contribution in [0.3, 0.4) is 0 Å². The quantitative estimate of drug-likeness (QED) is 0.219. The Kier molecular flexibility index (Phi) is 4.95. The predicted molar refractivity (Wildman–Crippen MR) is 96.3 cm³/mol. The van der Waals surface area contributed by atoms with Gasteiger partial charge in [-0.1, -0.05) is 5.92 Å². The van der Waals surface area contributed by atoms with Gasteiger partial charge in [-0.25, -0.2) is 4.79 Å². The Hall–Kier alpha value is -3.99. The van der Waals surface area contributed by atoms with Crippen molar-refractivity contribution in [1.29, 1.82) is 0 Å². The molecular formula is C19H14N2O6. The van der Waals surface area contributed by atoms with Crippen molar-refractivity contribution in [3.05, 3.63) is 64.5 Å². The first-order valence-electron chi connectivity index (χ1n) is 7.75. The van der Waals surface area contributed by atoms with Gasteiger partial charge in [-0.05, 0) is 24.3 Å². The van der Waals surface area contributed by atoms with Crippen molar-refractivity contribution >= 4 is 17.2 Å². The van der Waals surface area contributed by atoms with Gasteiger partial charge in [0.15, 0.2) is 11.4 Å². The molecule has 8 nitrogen and oxygen atoms in total. The number of nitro groups is 1. The molecule has 0 aliphatic rings. The molecule has 0 atom stereocenters. The number of esters is 1. The molecule has 2 aromatic heterocycles. The number of ether oxygens (including phenoxy) is 3. The van der Waals surface area contributed by atoms with Crippen molar-refractivity contribution in [2.45, 2.75) is 0 Å². The lowest BCUT2D eigenvalue weighted by Gasteiger charge is -2.08. The average Bonchev–Trinajstić information content (AvgIpc) is 3.04. The Morgan fingerprint density at radius 1 is 1.22 bits per heavy atom. The summed E-state index contributed by atoms with van der Waals surface area (Å²) < 4.78 is 17.6. The van der Waals surface area contributed by atoms with E-state index in [0.29, 0.717) is 17.0 Å². The Bertz CT molecular complexity index is 1050. The third-order valence-corrected chi connectivity index (χ3v) is 3.70. The van der Waals surface area contributed by atoms with E-state index in [-0.39, 0.29) is 23.7 Å². The highest BCUT2D eigenvalue weighted by atomic mass is 16.6. The molecule has 3 rings (SSSR count). The van der Waals surface area contributed by atoms with Gasteiger partial charge in [-0.15, -0.1) is 6.42 Å². The fourth-order valence-electron chi connectivity index (χ4n) is 2.48. The number of hydrogen-bond acceptors (Lipinski definition) is 6. The lowest BCUT2D eigenvalue weighted by atomic mass is 10.3. The van der Waals surface area contributed by atoms with Crippen LogP contribution in [0.4, 0.5) is 5.69 Å². The van der Waals surface area contributed by atoms with Crippen LogP contribution in [0, 0.1) is 22.5 Å². The molecule has 0 unspecified atom stereocenters. The van der Waals surface area contributed by atoms with Crippen molar-refractivity contribution in [3.63, 3.8) is 0 Å². The van der Waals surface area contributed by atoms with Gasteiger partial charge in [0, 0.05) is 23.7 Å². The number of aromatic nitrogens is 1. The highest BCUT2D eigenvalue weighted by molar-refractivity contribution is 5.94. The zero-order valence-corrected chi connectivity index (χ0v) is 14.2. The summed E-state index contributed by atoms with van der Waals surface area (Å²) >= 11 is 0. The Balaban J connectivity index is 1.94. The summed E-state index contributed by atoms with van der Waals surface area (Å²) in [6.45, 7) is 0.0898. The van der Waals surface area contributed by atoms with E-state index in [4.69, 9.17) is 20.6 Å². The number of carbonyl (C=O) groups excluding carboxylic acids is 1. The maximum atomic E-state index is 12.7. The van der Waals surface area contributed by atoms with Crippen LogP contribution >= 0.6 is 0 Å². The molecule has 27 heavy (non-hydrogen) atoms. The summed E-state index contributed by atoms with van der Waals surface area (Å²) in [6, 6.07) is 10.3. The van der Waals surface area contributed by atoms with E-state index in [0.717, 1.165) is 0 Å². The van der Waals surface area contributed by atoms with Crippen LogP contribution < -0.4 is 14.2 Å². The highest BCUT2D eigenvalue weighted by Crippen LogP contribution is 2.28.